The van der Waals surface area contributed by atoms with Crippen LogP contribution in [0.1, 0.15) is 19.8 Å². The van der Waals surface area contributed by atoms with Crippen molar-refractivity contribution in [3.05, 3.63) is 0 Å². The van der Waals surface area contributed by atoms with Crippen molar-refractivity contribution in [2.45, 2.75) is 31.5 Å². The summed E-state index contributed by atoms with van der Waals surface area (Å²) < 4.78 is 5.43. The Morgan fingerprint density at radius 1 is 1.44 bits per heavy atom. The Hall–Kier alpha value is -0.650. The van der Waals surface area contributed by atoms with E-state index >= 15 is 0 Å². The van der Waals surface area contributed by atoms with Gasteiger partial charge in [-0.15, -0.1) is 0 Å². The van der Waals surface area contributed by atoms with Gasteiger partial charge < -0.3 is 14.7 Å². The van der Waals surface area contributed by atoms with Crippen molar-refractivity contribution in [1.82, 2.24) is 9.80 Å². The molecule has 3 fully saturated rings. The molecule has 2 aliphatic heterocycles. The van der Waals surface area contributed by atoms with Gasteiger partial charge in [-0.2, -0.15) is 0 Å². The van der Waals surface area contributed by atoms with E-state index in [2.05, 4.69) is 4.90 Å². The molecule has 0 aromatic rings. The highest BCUT2D eigenvalue weighted by molar-refractivity contribution is 5.78. The topological polar surface area (TPSA) is 53.0 Å². The highest BCUT2D eigenvalue weighted by atomic mass is 16.5. The molecule has 1 N–H and O–H groups in total. The number of likely N-dealkylation sites (tertiary alicyclic amines) is 1. The Balaban J connectivity index is 1.44. The van der Waals surface area contributed by atoms with Gasteiger partial charge in [-0.25, -0.2) is 0 Å². The maximum Gasteiger partial charge on any atom is 0.236 e. The van der Waals surface area contributed by atoms with E-state index in [-0.39, 0.29) is 12.0 Å². The maximum absolute atomic E-state index is 12.1. The molecule has 0 bridgehead atoms. The van der Waals surface area contributed by atoms with Crippen LogP contribution in [0, 0.1) is 5.92 Å². The van der Waals surface area contributed by atoms with Gasteiger partial charge in [-0.3, -0.25) is 9.69 Å². The molecule has 1 amide bonds. The third-order valence-corrected chi connectivity index (χ3v) is 4.28. The first-order valence-electron chi connectivity index (χ1n) is 6.91. The lowest BCUT2D eigenvalue weighted by Gasteiger charge is -2.47. The second-order valence-electron chi connectivity index (χ2n) is 6.04. The molecule has 1 unspecified atom stereocenters. The minimum Gasteiger partial charge on any atom is -0.387 e. The lowest BCUT2D eigenvalue weighted by Crippen LogP contribution is -2.65. The average molecular weight is 254 g/mol. The summed E-state index contributed by atoms with van der Waals surface area (Å²) in [6.07, 6.45) is 2.45. The minimum atomic E-state index is -0.488. The Kier molecular flexibility index (Phi) is 3.08. The third-order valence-electron chi connectivity index (χ3n) is 4.28. The van der Waals surface area contributed by atoms with Gasteiger partial charge in [0.2, 0.25) is 5.91 Å². The summed E-state index contributed by atoms with van der Waals surface area (Å²) >= 11 is 0. The van der Waals surface area contributed by atoms with Gasteiger partial charge in [0.15, 0.2) is 0 Å². The van der Waals surface area contributed by atoms with E-state index in [9.17, 15) is 9.90 Å². The summed E-state index contributed by atoms with van der Waals surface area (Å²) in [5.41, 5.74) is -0.488. The molecule has 5 heteroatoms. The maximum atomic E-state index is 12.1. The molecule has 5 nitrogen and oxygen atoms in total. The van der Waals surface area contributed by atoms with Gasteiger partial charge >= 0.3 is 0 Å². The molecule has 2 heterocycles. The van der Waals surface area contributed by atoms with Crippen molar-refractivity contribution in [3.63, 3.8) is 0 Å². The van der Waals surface area contributed by atoms with E-state index in [4.69, 9.17) is 4.74 Å². The van der Waals surface area contributed by atoms with Crippen LogP contribution in [0.2, 0.25) is 0 Å². The summed E-state index contributed by atoms with van der Waals surface area (Å²) in [6.45, 7) is 5.81. The lowest BCUT2D eigenvalue weighted by atomic mass is 9.89. The summed E-state index contributed by atoms with van der Waals surface area (Å²) in [4.78, 5) is 16.0. The number of nitrogens with zero attached hydrogens (tertiary/aromatic N) is 2. The smallest absolute Gasteiger partial charge is 0.236 e. The molecule has 3 rings (SSSR count). The number of aliphatic hydroxyl groups is 1. The Bertz CT molecular complexity index is 337. The number of rotatable bonds is 3. The SMILES string of the molecule is CC1CN(C(=O)CN2CC(O)(C3CC3)C2)CCO1. The molecule has 102 valence electrons. The van der Waals surface area contributed by atoms with Gasteiger partial charge in [0.05, 0.1) is 24.9 Å². The molecule has 1 aliphatic carbocycles. The van der Waals surface area contributed by atoms with E-state index in [1.807, 2.05) is 11.8 Å². The molecule has 0 spiro atoms. The molecule has 3 aliphatic rings. The number of morpholine rings is 1. The first-order valence-corrected chi connectivity index (χ1v) is 6.91. The van der Waals surface area contributed by atoms with Gasteiger partial charge in [0, 0.05) is 26.2 Å². The average Bonchev–Trinajstić information content (AvgIpc) is 3.10. The van der Waals surface area contributed by atoms with Gasteiger partial charge in [0.1, 0.15) is 0 Å². The zero-order chi connectivity index (χ0) is 12.8. The van der Waals surface area contributed by atoms with Crippen LogP contribution in [0.5, 0.6) is 0 Å². The fourth-order valence-corrected chi connectivity index (χ4v) is 3.06. The van der Waals surface area contributed by atoms with Crippen molar-refractivity contribution in [3.8, 4) is 0 Å². The Morgan fingerprint density at radius 3 is 2.78 bits per heavy atom. The normalized spacial score (nSPS) is 32.1. The van der Waals surface area contributed by atoms with E-state index < -0.39 is 5.60 Å². The number of hydrogen-bond donors (Lipinski definition) is 1. The van der Waals surface area contributed by atoms with E-state index in [0.29, 0.717) is 45.2 Å². The second kappa shape index (κ2) is 4.47. The lowest BCUT2D eigenvalue weighted by molar-refractivity contribution is -0.150. The summed E-state index contributed by atoms with van der Waals surface area (Å²) in [7, 11) is 0. The first kappa shape index (κ1) is 12.4. The van der Waals surface area contributed by atoms with Gasteiger partial charge in [-0.05, 0) is 25.7 Å². The molecule has 0 radical (unpaired) electrons. The molecule has 0 aromatic carbocycles. The van der Waals surface area contributed by atoms with E-state index in [1.165, 1.54) is 0 Å². The first-order chi connectivity index (χ1) is 8.57. The highest BCUT2D eigenvalue weighted by Crippen LogP contribution is 2.44. The van der Waals surface area contributed by atoms with E-state index in [0.717, 1.165) is 12.8 Å². The zero-order valence-electron chi connectivity index (χ0n) is 11.0. The van der Waals surface area contributed by atoms with Crippen molar-refractivity contribution in [2.75, 3.05) is 39.3 Å². The number of carbonyl (C=O) groups excluding carboxylic acids is 1. The van der Waals surface area contributed by atoms with Crippen LogP contribution in [0.3, 0.4) is 0 Å². The van der Waals surface area contributed by atoms with Crippen LogP contribution in [0.15, 0.2) is 0 Å². The third kappa shape index (κ3) is 2.39. The standard InChI is InChI=1S/C13H22N2O3/c1-10-6-15(4-5-18-10)12(16)7-14-8-13(17,9-14)11-2-3-11/h10-11,17H,2-9H2,1H3. The van der Waals surface area contributed by atoms with Crippen LogP contribution in [0.25, 0.3) is 0 Å². The quantitative estimate of drug-likeness (QED) is 0.751. The monoisotopic (exact) mass is 254 g/mol. The number of hydrogen-bond acceptors (Lipinski definition) is 4. The van der Waals surface area contributed by atoms with Crippen LogP contribution in [-0.4, -0.2) is 71.8 Å². The molecule has 0 aromatic heterocycles. The number of ether oxygens (including phenoxy) is 1. The van der Waals surface area contributed by atoms with E-state index in [1.54, 1.807) is 0 Å². The Morgan fingerprint density at radius 2 is 2.17 bits per heavy atom. The highest BCUT2D eigenvalue weighted by Gasteiger charge is 2.52. The largest absolute Gasteiger partial charge is 0.387 e. The fourth-order valence-electron chi connectivity index (χ4n) is 3.06. The van der Waals surface area contributed by atoms with Crippen molar-refractivity contribution in [1.29, 1.82) is 0 Å². The predicted octanol–water partition coefficient (Wildman–Crippen LogP) is -0.310. The molecule has 2 saturated heterocycles. The van der Waals surface area contributed by atoms with Crippen LogP contribution in [-0.2, 0) is 9.53 Å². The summed E-state index contributed by atoms with van der Waals surface area (Å²) in [6, 6.07) is 0. The predicted molar refractivity (Wildman–Crippen MR) is 66.1 cm³/mol. The zero-order valence-corrected chi connectivity index (χ0v) is 11.0. The number of β-amino-alcohol motifs (C(OH)–C–C–N with tert-alkyl or cyclic N) is 1. The minimum absolute atomic E-state index is 0.141. The van der Waals surface area contributed by atoms with Crippen molar-refractivity contribution < 1.29 is 14.6 Å². The molecular formula is C13H22N2O3. The molecule has 18 heavy (non-hydrogen) atoms. The second-order valence-corrected chi connectivity index (χ2v) is 6.04. The van der Waals surface area contributed by atoms with Crippen molar-refractivity contribution >= 4 is 5.91 Å². The van der Waals surface area contributed by atoms with Crippen LogP contribution in [0.4, 0.5) is 0 Å². The van der Waals surface area contributed by atoms with Crippen molar-refractivity contribution in [2.24, 2.45) is 5.92 Å². The number of carbonyl (C=O) groups is 1. The van der Waals surface area contributed by atoms with Crippen LogP contribution < -0.4 is 0 Å². The molecule has 1 atom stereocenters. The fraction of sp³-hybridized carbons (Fsp3) is 0.923. The molecular weight excluding hydrogens is 232 g/mol. The summed E-state index contributed by atoms with van der Waals surface area (Å²) in [5.74, 6) is 0.662. The van der Waals surface area contributed by atoms with Gasteiger partial charge in [0.25, 0.3) is 0 Å². The number of amides is 1. The Labute approximate surface area is 108 Å². The van der Waals surface area contributed by atoms with Gasteiger partial charge in [-0.1, -0.05) is 0 Å². The summed E-state index contributed by atoms with van der Waals surface area (Å²) in [5, 5.41) is 10.2. The molecule has 1 saturated carbocycles. The van der Waals surface area contributed by atoms with Crippen LogP contribution >= 0.6 is 0 Å².